The number of carbonyl (C=O) groups excluding carboxylic acids is 2. The molecule has 32 heavy (non-hydrogen) atoms. The van der Waals surface area contributed by atoms with Crippen molar-refractivity contribution in [1.29, 1.82) is 0 Å². The highest BCUT2D eigenvalue weighted by Gasteiger charge is 2.27. The Kier molecular flexibility index (Phi) is 7.52. The van der Waals surface area contributed by atoms with Crippen LogP contribution >= 0.6 is 11.3 Å². The van der Waals surface area contributed by atoms with Gasteiger partial charge in [0.25, 0.3) is 5.69 Å². The zero-order chi connectivity index (χ0) is 23.3. The lowest BCUT2D eigenvalue weighted by molar-refractivity contribution is -0.384. The predicted octanol–water partition coefficient (Wildman–Crippen LogP) is 4.97. The maximum atomic E-state index is 12.6. The first kappa shape index (κ1) is 23.3. The summed E-state index contributed by atoms with van der Waals surface area (Å²) < 4.78 is 34.8. The van der Waals surface area contributed by atoms with Crippen molar-refractivity contribution in [2.45, 2.75) is 39.2 Å². The number of hydrogen-bond donors (Lipinski definition) is 1. The van der Waals surface area contributed by atoms with E-state index >= 15 is 0 Å². The molecule has 1 amide bonds. The summed E-state index contributed by atoms with van der Waals surface area (Å²) in [6, 6.07) is 3.08. The SMILES string of the molecule is CCOC(=O)c1c(NC(=O)/C=C/c2cc([N+](=O)[O-])ccc2OC(F)F)sc2c1CCCC2. The van der Waals surface area contributed by atoms with E-state index in [1.807, 2.05) is 0 Å². The zero-order valence-corrected chi connectivity index (χ0v) is 17.9. The summed E-state index contributed by atoms with van der Waals surface area (Å²) >= 11 is 1.30. The molecule has 1 aromatic carbocycles. The van der Waals surface area contributed by atoms with Gasteiger partial charge in [-0.1, -0.05) is 0 Å². The second-order valence-corrected chi connectivity index (χ2v) is 7.92. The molecule has 0 saturated carbocycles. The lowest BCUT2D eigenvalue weighted by atomic mass is 9.95. The number of halogens is 2. The van der Waals surface area contributed by atoms with Gasteiger partial charge in [-0.15, -0.1) is 11.3 Å². The van der Waals surface area contributed by atoms with Gasteiger partial charge in [-0.2, -0.15) is 8.78 Å². The van der Waals surface area contributed by atoms with Crippen LogP contribution in [0.5, 0.6) is 5.75 Å². The predicted molar refractivity (Wildman–Crippen MR) is 114 cm³/mol. The Morgan fingerprint density at radius 3 is 2.75 bits per heavy atom. The monoisotopic (exact) mass is 466 g/mol. The number of esters is 1. The van der Waals surface area contributed by atoms with Crippen LogP contribution in [0, 0.1) is 10.1 Å². The Hall–Kier alpha value is -3.34. The molecule has 1 aliphatic carbocycles. The second kappa shape index (κ2) is 10.3. The van der Waals surface area contributed by atoms with E-state index in [9.17, 15) is 28.5 Å². The van der Waals surface area contributed by atoms with Gasteiger partial charge in [0.05, 0.1) is 17.1 Å². The standard InChI is InChI=1S/C21H20F2N2O6S/c1-2-30-20(27)18-14-5-3-4-6-16(14)32-19(18)24-17(26)10-7-12-11-13(25(28)29)8-9-15(12)31-21(22)23/h7-11,21H,2-6H2,1H3,(H,24,26)/b10-7+. The molecule has 0 saturated heterocycles. The Morgan fingerprint density at radius 1 is 1.31 bits per heavy atom. The summed E-state index contributed by atoms with van der Waals surface area (Å²) in [5.41, 5.74) is 0.809. The number of benzene rings is 1. The van der Waals surface area contributed by atoms with Gasteiger partial charge in [0.2, 0.25) is 5.91 Å². The van der Waals surface area contributed by atoms with Crippen molar-refractivity contribution in [3.63, 3.8) is 0 Å². The van der Waals surface area contributed by atoms with E-state index in [2.05, 4.69) is 10.1 Å². The van der Waals surface area contributed by atoms with Crippen LogP contribution in [0.25, 0.3) is 6.08 Å². The molecule has 2 aromatic rings. The molecule has 8 nitrogen and oxygen atoms in total. The second-order valence-electron chi connectivity index (χ2n) is 6.82. The maximum absolute atomic E-state index is 12.6. The summed E-state index contributed by atoms with van der Waals surface area (Å²) in [7, 11) is 0. The van der Waals surface area contributed by atoms with Gasteiger partial charge in [-0.05, 0) is 50.3 Å². The molecular formula is C21H20F2N2O6S. The number of alkyl halides is 2. The number of non-ortho nitro benzene ring substituents is 1. The Morgan fingerprint density at radius 2 is 2.06 bits per heavy atom. The average Bonchev–Trinajstić information content (AvgIpc) is 3.10. The van der Waals surface area contributed by atoms with Crippen molar-refractivity contribution in [1.82, 2.24) is 0 Å². The molecule has 11 heteroatoms. The molecule has 0 radical (unpaired) electrons. The van der Waals surface area contributed by atoms with Gasteiger partial charge in [0.15, 0.2) is 0 Å². The minimum Gasteiger partial charge on any atom is -0.462 e. The quantitative estimate of drug-likeness (QED) is 0.255. The highest BCUT2D eigenvalue weighted by molar-refractivity contribution is 7.17. The van der Waals surface area contributed by atoms with Gasteiger partial charge in [0.1, 0.15) is 10.8 Å². The van der Waals surface area contributed by atoms with E-state index in [-0.39, 0.29) is 23.6 Å². The van der Waals surface area contributed by atoms with Crippen molar-refractivity contribution in [2.24, 2.45) is 0 Å². The van der Waals surface area contributed by atoms with E-state index < -0.39 is 23.4 Å². The first-order chi connectivity index (χ1) is 15.3. The molecule has 1 aliphatic rings. The van der Waals surface area contributed by atoms with E-state index in [4.69, 9.17) is 4.74 Å². The van der Waals surface area contributed by atoms with Crippen molar-refractivity contribution in [3.05, 3.63) is 56.0 Å². The van der Waals surface area contributed by atoms with Crippen molar-refractivity contribution in [2.75, 3.05) is 11.9 Å². The molecule has 170 valence electrons. The fraction of sp³-hybridized carbons (Fsp3) is 0.333. The van der Waals surface area contributed by atoms with E-state index in [0.717, 1.165) is 60.1 Å². The van der Waals surface area contributed by atoms with Crippen molar-refractivity contribution < 1.29 is 32.8 Å². The van der Waals surface area contributed by atoms with Crippen LogP contribution in [0.3, 0.4) is 0 Å². The fourth-order valence-electron chi connectivity index (χ4n) is 3.38. The summed E-state index contributed by atoms with van der Waals surface area (Å²) in [4.78, 5) is 36.3. The molecule has 1 N–H and O–H groups in total. The smallest absolute Gasteiger partial charge is 0.387 e. The van der Waals surface area contributed by atoms with E-state index in [1.54, 1.807) is 6.92 Å². The highest BCUT2D eigenvalue weighted by atomic mass is 32.1. The third kappa shape index (κ3) is 5.47. The Labute approximate surface area is 186 Å². The summed E-state index contributed by atoms with van der Waals surface area (Å²) in [5, 5.41) is 14.0. The van der Waals surface area contributed by atoms with Gasteiger partial charge >= 0.3 is 12.6 Å². The number of amides is 1. The normalized spacial score (nSPS) is 13.1. The topological polar surface area (TPSA) is 108 Å². The van der Waals surface area contributed by atoms with Crippen LogP contribution in [-0.4, -0.2) is 30.0 Å². The number of rotatable bonds is 8. The largest absolute Gasteiger partial charge is 0.462 e. The highest BCUT2D eigenvalue weighted by Crippen LogP contribution is 2.38. The summed E-state index contributed by atoms with van der Waals surface area (Å²) in [5.74, 6) is -1.46. The number of nitro benzene ring substituents is 1. The number of nitrogens with one attached hydrogen (secondary N) is 1. The van der Waals surface area contributed by atoms with Gasteiger partial charge in [-0.25, -0.2) is 4.79 Å². The number of anilines is 1. The van der Waals surface area contributed by atoms with E-state index in [1.165, 1.54) is 11.3 Å². The lowest BCUT2D eigenvalue weighted by Gasteiger charge is -2.12. The van der Waals surface area contributed by atoms with Gasteiger partial charge in [-0.3, -0.25) is 14.9 Å². The Bertz CT molecular complexity index is 1070. The van der Waals surface area contributed by atoms with Crippen LogP contribution in [0.15, 0.2) is 24.3 Å². The third-order valence-electron chi connectivity index (χ3n) is 4.72. The number of thiophene rings is 1. The summed E-state index contributed by atoms with van der Waals surface area (Å²) in [6.07, 6.45) is 5.61. The van der Waals surface area contributed by atoms with Crippen LogP contribution in [-0.2, 0) is 22.4 Å². The summed E-state index contributed by atoms with van der Waals surface area (Å²) in [6.45, 7) is -1.26. The molecule has 0 fully saturated rings. The third-order valence-corrected chi connectivity index (χ3v) is 5.93. The molecule has 0 atom stereocenters. The van der Waals surface area contributed by atoms with Crippen LogP contribution in [0.4, 0.5) is 19.5 Å². The number of carbonyl (C=O) groups is 2. The molecule has 0 spiro atoms. The number of ether oxygens (including phenoxy) is 2. The van der Waals surface area contributed by atoms with Gasteiger partial charge < -0.3 is 14.8 Å². The van der Waals surface area contributed by atoms with E-state index in [0.29, 0.717) is 17.0 Å². The first-order valence-electron chi connectivity index (χ1n) is 9.84. The fourth-order valence-corrected chi connectivity index (χ4v) is 4.66. The number of hydrogen-bond acceptors (Lipinski definition) is 7. The first-order valence-corrected chi connectivity index (χ1v) is 10.7. The number of fused-ring (bicyclic) bond motifs is 1. The number of nitrogens with zero attached hydrogens (tertiary/aromatic N) is 1. The molecule has 0 bridgehead atoms. The zero-order valence-electron chi connectivity index (χ0n) is 17.1. The van der Waals surface area contributed by atoms with Crippen LogP contribution in [0.2, 0.25) is 0 Å². The minimum atomic E-state index is -3.14. The molecular weight excluding hydrogens is 446 g/mol. The molecule has 1 aromatic heterocycles. The van der Waals surface area contributed by atoms with Crippen molar-refractivity contribution >= 4 is 40.0 Å². The van der Waals surface area contributed by atoms with Crippen LogP contribution in [0.1, 0.15) is 46.1 Å². The average molecular weight is 466 g/mol. The molecule has 1 heterocycles. The lowest BCUT2D eigenvalue weighted by Crippen LogP contribution is -2.14. The minimum absolute atomic E-state index is 0.0641. The number of aryl methyl sites for hydroxylation is 1. The Balaban J connectivity index is 1.86. The molecule has 0 unspecified atom stereocenters. The molecule has 0 aliphatic heterocycles. The number of nitro groups is 1. The van der Waals surface area contributed by atoms with Crippen molar-refractivity contribution in [3.8, 4) is 5.75 Å². The molecule has 3 rings (SSSR count). The van der Waals surface area contributed by atoms with Gasteiger partial charge in [0, 0.05) is 28.6 Å². The van der Waals surface area contributed by atoms with Crippen LogP contribution < -0.4 is 10.1 Å². The maximum Gasteiger partial charge on any atom is 0.387 e.